The standard InChI is InChI=1S/C22H27N5O/c1-23-22(24-14-16-9-11-18(28-4)12-10-16)25-15-17-13-21(27(2)3)26-20-8-6-5-7-19(17)20/h5-13H,14-15H2,1-4H3,(H2,23,24,25). The highest BCUT2D eigenvalue weighted by atomic mass is 16.5. The van der Waals surface area contributed by atoms with E-state index < -0.39 is 0 Å². The van der Waals surface area contributed by atoms with Gasteiger partial charge in [0.15, 0.2) is 5.96 Å². The van der Waals surface area contributed by atoms with Gasteiger partial charge in [-0.25, -0.2) is 4.98 Å². The molecule has 1 aromatic heterocycles. The molecule has 0 atom stereocenters. The van der Waals surface area contributed by atoms with E-state index in [9.17, 15) is 0 Å². The monoisotopic (exact) mass is 377 g/mol. The summed E-state index contributed by atoms with van der Waals surface area (Å²) in [6.45, 7) is 1.34. The lowest BCUT2D eigenvalue weighted by Crippen LogP contribution is -2.36. The van der Waals surface area contributed by atoms with Crippen molar-refractivity contribution in [3.8, 4) is 5.75 Å². The van der Waals surface area contributed by atoms with Gasteiger partial charge in [0.25, 0.3) is 0 Å². The first-order valence-corrected chi connectivity index (χ1v) is 9.24. The maximum Gasteiger partial charge on any atom is 0.191 e. The summed E-state index contributed by atoms with van der Waals surface area (Å²) < 4.78 is 5.20. The molecule has 0 fully saturated rings. The smallest absolute Gasteiger partial charge is 0.191 e. The molecule has 0 aliphatic rings. The van der Waals surface area contributed by atoms with E-state index in [0.29, 0.717) is 13.1 Å². The second-order valence-electron chi connectivity index (χ2n) is 6.68. The third-order valence-corrected chi connectivity index (χ3v) is 4.54. The van der Waals surface area contributed by atoms with Crippen LogP contribution in [0.25, 0.3) is 10.9 Å². The van der Waals surface area contributed by atoms with E-state index in [4.69, 9.17) is 9.72 Å². The molecule has 0 saturated heterocycles. The van der Waals surface area contributed by atoms with Crippen molar-refractivity contribution < 1.29 is 4.74 Å². The SMILES string of the molecule is CN=C(NCc1ccc(OC)cc1)NCc1cc(N(C)C)nc2ccccc12. The fraction of sp³-hybridized carbons (Fsp3) is 0.273. The predicted octanol–water partition coefficient (Wildman–Crippen LogP) is 3.17. The number of anilines is 1. The Morgan fingerprint density at radius 3 is 2.43 bits per heavy atom. The van der Waals surface area contributed by atoms with Gasteiger partial charge >= 0.3 is 0 Å². The number of para-hydroxylation sites is 1. The zero-order chi connectivity index (χ0) is 19.9. The number of rotatable bonds is 6. The van der Waals surface area contributed by atoms with E-state index in [0.717, 1.165) is 34.0 Å². The van der Waals surface area contributed by atoms with Crippen LogP contribution in [0.2, 0.25) is 0 Å². The molecule has 2 aromatic carbocycles. The first-order valence-electron chi connectivity index (χ1n) is 9.24. The van der Waals surface area contributed by atoms with Gasteiger partial charge in [-0.3, -0.25) is 4.99 Å². The van der Waals surface area contributed by atoms with Crippen LogP contribution in [-0.2, 0) is 13.1 Å². The molecule has 0 unspecified atom stereocenters. The number of hydrogen-bond donors (Lipinski definition) is 2. The van der Waals surface area contributed by atoms with E-state index in [2.05, 4.69) is 27.8 Å². The molecule has 6 nitrogen and oxygen atoms in total. The van der Waals surface area contributed by atoms with Crippen LogP contribution in [0.3, 0.4) is 0 Å². The third kappa shape index (κ3) is 4.71. The Balaban J connectivity index is 1.69. The highest BCUT2D eigenvalue weighted by Crippen LogP contribution is 2.22. The lowest BCUT2D eigenvalue weighted by Gasteiger charge is -2.17. The topological polar surface area (TPSA) is 61.8 Å². The second kappa shape index (κ2) is 9.08. The van der Waals surface area contributed by atoms with Gasteiger partial charge in [0.05, 0.1) is 12.6 Å². The molecular formula is C22H27N5O. The molecule has 3 aromatic rings. The number of nitrogens with zero attached hydrogens (tertiary/aromatic N) is 3. The van der Waals surface area contributed by atoms with Gasteiger partial charge in [0.1, 0.15) is 11.6 Å². The summed E-state index contributed by atoms with van der Waals surface area (Å²) in [5.74, 6) is 2.55. The van der Waals surface area contributed by atoms with Gasteiger partial charge in [0.2, 0.25) is 0 Å². The van der Waals surface area contributed by atoms with Gasteiger partial charge in [-0.2, -0.15) is 0 Å². The first kappa shape index (κ1) is 19.5. The molecule has 0 saturated carbocycles. The molecule has 2 N–H and O–H groups in total. The summed E-state index contributed by atoms with van der Waals surface area (Å²) in [5.41, 5.74) is 3.33. The molecule has 0 aliphatic heterocycles. The average molecular weight is 377 g/mol. The number of nitrogens with one attached hydrogen (secondary N) is 2. The Bertz CT molecular complexity index is 951. The number of fused-ring (bicyclic) bond motifs is 1. The molecule has 3 rings (SSSR count). The zero-order valence-corrected chi connectivity index (χ0v) is 16.9. The number of guanidine groups is 1. The summed E-state index contributed by atoms with van der Waals surface area (Å²) in [7, 11) is 7.45. The summed E-state index contributed by atoms with van der Waals surface area (Å²) >= 11 is 0. The minimum atomic E-state index is 0.659. The number of benzene rings is 2. The third-order valence-electron chi connectivity index (χ3n) is 4.54. The molecule has 28 heavy (non-hydrogen) atoms. The van der Waals surface area contributed by atoms with Crippen molar-refractivity contribution in [2.75, 3.05) is 33.2 Å². The van der Waals surface area contributed by atoms with Crippen molar-refractivity contribution in [3.05, 3.63) is 65.7 Å². The van der Waals surface area contributed by atoms with Crippen LogP contribution < -0.4 is 20.3 Å². The fourth-order valence-corrected chi connectivity index (χ4v) is 2.94. The zero-order valence-electron chi connectivity index (χ0n) is 16.9. The number of aliphatic imine (C=N–C) groups is 1. The maximum atomic E-state index is 5.20. The summed E-state index contributed by atoms with van der Waals surface area (Å²) in [4.78, 5) is 11.1. The minimum Gasteiger partial charge on any atom is -0.497 e. The van der Waals surface area contributed by atoms with Crippen molar-refractivity contribution in [1.82, 2.24) is 15.6 Å². The summed E-state index contributed by atoms with van der Waals surface area (Å²) in [6, 6.07) is 18.3. The van der Waals surface area contributed by atoms with Crippen molar-refractivity contribution >= 4 is 22.7 Å². The summed E-state index contributed by atoms with van der Waals surface area (Å²) in [5, 5.41) is 7.90. The van der Waals surface area contributed by atoms with E-state index in [1.54, 1.807) is 14.2 Å². The maximum absolute atomic E-state index is 5.20. The normalized spacial score (nSPS) is 11.4. The van der Waals surface area contributed by atoms with E-state index in [1.165, 1.54) is 5.56 Å². The molecule has 0 spiro atoms. The van der Waals surface area contributed by atoms with E-state index >= 15 is 0 Å². The minimum absolute atomic E-state index is 0.659. The molecule has 1 heterocycles. The molecule has 0 radical (unpaired) electrons. The van der Waals surface area contributed by atoms with Crippen LogP contribution in [0, 0.1) is 0 Å². The lowest BCUT2D eigenvalue weighted by atomic mass is 10.1. The largest absolute Gasteiger partial charge is 0.497 e. The molecule has 146 valence electrons. The van der Waals surface area contributed by atoms with Gasteiger partial charge in [0, 0.05) is 39.6 Å². The number of aromatic nitrogens is 1. The van der Waals surface area contributed by atoms with Gasteiger partial charge in [-0.05, 0) is 35.4 Å². The molecule has 6 heteroatoms. The highest BCUT2D eigenvalue weighted by Gasteiger charge is 2.08. The predicted molar refractivity (Wildman–Crippen MR) is 116 cm³/mol. The van der Waals surface area contributed by atoms with Crippen LogP contribution in [-0.4, -0.2) is 39.2 Å². The van der Waals surface area contributed by atoms with Crippen molar-refractivity contribution in [3.63, 3.8) is 0 Å². The van der Waals surface area contributed by atoms with E-state index in [-0.39, 0.29) is 0 Å². The Morgan fingerprint density at radius 1 is 1.04 bits per heavy atom. The number of methoxy groups -OCH3 is 1. The van der Waals surface area contributed by atoms with Crippen LogP contribution in [0.1, 0.15) is 11.1 Å². The fourth-order valence-electron chi connectivity index (χ4n) is 2.94. The van der Waals surface area contributed by atoms with Crippen molar-refractivity contribution in [2.24, 2.45) is 4.99 Å². The number of ether oxygens (including phenoxy) is 1. The van der Waals surface area contributed by atoms with Crippen LogP contribution >= 0.6 is 0 Å². The highest BCUT2D eigenvalue weighted by molar-refractivity contribution is 5.85. The van der Waals surface area contributed by atoms with Crippen molar-refractivity contribution in [2.45, 2.75) is 13.1 Å². The van der Waals surface area contributed by atoms with Gasteiger partial charge in [-0.15, -0.1) is 0 Å². The number of hydrogen-bond acceptors (Lipinski definition) is 4. The molecule has 0 aliphatic carbocycles. The second-order valence-corrected chi connectivity index (χ2v) is 6.68. The Hall–Kier alpha value is -3.28. The van der Waals surface area contributed by atoms with Crippen molar-refractivity contribution in [1.29, 1.82) is 0 Å². The summed E-state index contributed by atoms with van der Waals surface area (Å²) in [6.07, 6.45) is 0. The number of pyridine rings is 1. The molecular weight excluding hydrogens is 350 g/mol. The quantitative estimate of drug-likeness (QED) is 0.510. The first-order chi connectivity index (χ1) is 13.6. The van der Waals surface area contributed by atoms with Crippen LogP contribution in [0.15, 0.2) is 59.6 Å². The van der Waals surface area contributed by atoms with Crippen LogP contribution in [0.4, 0.5) is 5.82 Å². The lowest BCUT2D eigenvalue weighted by molar-refractivity contribution is 0.414. The molecule has 0 bridgehead atoms. The Morgan fingerprint density at radius 2 is 1.75 bits per heavy atom. The molecule has 0 amide bonds. The van der Waals surface area contributed by atoms with Gasteiger partial charge < -0.3 is 20.3 Å². The van der Waals surface area contributed by atoms with Gasteiger partial charge in [-0.1, -0.05) is 30.3 Å². The Labute approximate surface area is 166 Å². The van der Waals surface area contributed by atoms with E-state index in [1.807, 2.05) is 61.5 Å². The van der Waals surface area contributed by atoms with Crippen LogP contribution in [0.5, 0.6) is 5.75 Å². The average Bonchev–Trinajstić information content (AvgIpc) is 2.73. The Kier molecular flexibility index (Phi) is 6.32.